The molecular formula is C18H24N4OS. The molecule has 1 fully saturated rings. The minimum atomic E-state index is -0.0455. The number of aromatic amines is 1. The van der Waals surface area contributed by atoms with Gasteiger partial charge < -0.3 is 4.90 Å². The third kappa shape index (κ3) is 3.00. The molecule has 2 aromatic heterocycles. The summed E-state index contributed by atoms with van der Waals surface area (Å²) in [4.78, 5) is 18.8. The quantitative estimate of drug-likeness (QED) is 0.931. The number of thiophene rings is 1. The molecular weight excluding hydrogens is 320 g/mol. The SMILES string of the molecule is C[C@@H](C(=O)N1CCc2sccc2C1)N1CCC[C@H](c2ccn[nH]2)C1. The molecule has 4 heterocycles. The summed E-state index contributed by atoms with van der Waals surface area (Å²) in [7, 11) is 0. The first-order valence-electron chi connectivity index (χ1n) is 8.79. The molecule has 0 radical (unpaired) electrons. The number of aromatic nitrogens is 2. The maximum atomic E-state index is 13.0. The van der Waals surface area contributed by atoms with Crippen LogP contribution in [-0.4, -0.2) is 51.6 Å². The van der Waals surface area contributed by atoms with Gasteiger partial charge >= 0.3 is 0 Å². The van der Waals surface area contributed by atoms with Gasteiger partial charge in [-0.2, -0.15) is 5.10 Å². The van der Waals surface area contributed by atoms with E-state index in [0.717, 1.165) is 39.0 Å². The molecule has 1 amide bonds. The van der Waals surface area contributed by atoms with Crippen molar-refractivity contribution in [1.29, 1.82) is 0 Å². The number of hydrogen-bond donors (Lipinski definition) is 1. The van der Waals surface area contributed by atoms with E-state index in [0.29, 0.717) is 5.92 Å². The van der Waals surface area contributed by atoms with E-state index in [2.05, 4.69) is 39.5 Å². The zero-order chi connectivity index (χ0) is 16.5. The van der Waals surface area contributed by atoms with Crippen LogP contribution in [0.15, 0.2) is 23.7 Å². The minimum absolute atomic E-state index is 0.0455. The summed E-state index contributed by atoms with van der Waals surface area (Å²) in [5, 5.41) is 9.31. The lowest BCUT2D eigenvalue weighted by molar-refractivity contribution is -0.137. The van der Waals surface area contributed by atoms with Crippen LogP contribution in [0.4, 0.5) is 0 Å². The van der Waals surface area contributed by atoms with Crippen LogP contribution in [0.3, 0.4) is 0 Å². The molecule has 5 nitrogen and oxygen atoms in total. The molecule has 128 valence electrons. The Morgan fingerprint density at radius 1 is 1.42 bits per heavy atom. The van der Waals surface area contributed by atoms with Crippen LogP contribution in [0, 0.1) is 0 Å². The van der Waals surface area contributed by atoms with Gasteiger partial charge in [-0.05, 0) is 55.8 Å². The molecule has 0 aliphatic carbocycles. The molecule has 1 N–H and O–H groups in total. The number of rotatable bonds is 3. The Bertz CT molecular complexity index is 696. The molecule has 2 aliphatic heterocycles. The summed E-state index contributed by atoms with van der Waals surface area (Å²) in [6.07, 6.45) is 5.12. The van der Waals surface area contributed by atoms with Gasteiger partial charge in [0.25, 0.3) is 0 Å². The number of piperidine rings is 1. The van der Waals surface area contributed by atoms with Gasteiger partial charge in [0.15, 0.2) is 0 Å². The zero-order valence-electron chi connectivity index (χ0n) is 14.1. The fraction of sp³-hybridized carbons (Fsp3) is 0.556. The zero-order valence-corrected chi connectivity index (χ0v) is 14.9. The van der Waals surface area contributed by atoms with Crippen LogP contribution in [0.1, 0.15) is 41.8 Å². The second-order valence-corrected chi connectivity index (χ2v) is 7.90. The summed E-state index contributed by atoms with van der Waals surface area (Å²) < 4.78 is 0. The third-order valence-electron chi connectivity index (χ3n) is 5.44. The van der Waals surface area contributed by atoms with E-state index in [4.69, 9.17) is 0 Å². The van der Waals surface area contributed by atoms with E-state index >= 15 is 0 Å². The van der Waals surface area contributed by atoms with Gasteiger partial charge in [0.05, 0.1) is 6.04 Å². The number of hydrogen-bond acceptors (Lipinski definition) is 4. The average Bonchev–Trinajstić information content (AvgIpc) is 3.31. The van der Waals surface area contributed by atoms with Crippen LogP contribution in [0.25, 0.3) is 0 Å². The number of nitrogens with one attached hydrogen (secondary N) is 1. The summed E-state index contributed by atoms with van der Waals surface area (Å²) in [6.45, 7) is 5.65. The van der Waals surface area contributed by atoms with Crippen LogP contribution in [0.2, 0.25) is 0 Å². The number of nitrogens with zero attached hydrogens (tertiary/aromatic N) is 3. The first-order valence-corrected chi connectivity index (χ1v) is 9.67. The molecule has 24 heavy (non-hydrogen) atoms. The molecule has 0 saturated carbocycles. The van der Waals surface area contributed by atoms with Crippen LogP contribution in [-0.2, 0) is 17.8 Å². The number of amides is 1. The molecule has 0 unspecified atom stereocenters. The van der Waals surface area contributed by atoms with Gasteiger partial charge in [-0.3, -0.25) is 14.8 Å². The largest absolute Gasteiger partial charge is 0.337 e. The van der Waals surface area contributed by atoms with E-state index < -0.39 is 0 Å². The second-order valence-electron chi connectivity index (χ2n) is 6.90. The Morgan fingerprint density at radius 2 is 2.33 bits per heavy atom. The number of fused-ring (bicyclic) bond motifs is 1. The predicted octanol–water partition coefficient (Wildman–Crippen LogP) is 2.62. The van der Waals surface area contributed by atoms with Gasteiger partial charge in [0.2, 0.25) is 5.91 Å². The number of carbonyl (C=O) groups excluding carboxylic acids is 1. The van der Waals surface area contributed by atoms with Gasteiger partial charge in [-0.1, -0.05) is 0 Å². The third-order valence-corrected chi connectivity index (χ3v) is 6.46. The van der Waals surface area contributed by atoms with Crippen molar-refractivity contribution in [2.24, 2.45) is 0 Å². The first-order chi connectivity index (χ1) is 11.7. The second kappa shape index (κ2) is 6.69. The Morgan fingerprint density at radius 3 is 3.17 bits per heavy atom. The van der Waals surface area contributed by atoms with Crippen molar-refractivity contribution in [3.63, 3.8) is 0 Å². The topological polar surface area (TPSA) is 52.2 Å². The Balaban J connectivity index is 1.41. The van der Waals surface area contributed by atoms with Crippen molar-refractivity contribution in [3.8, 4) is 0 Å². The molecule has 0 bridgehead atoms. The maximum Gasteiger partial charge on any atom is 0.239 e. The molecule has 0 aromatic carbocycles. The van der Waals surface area contributed by atoms with Gasteiger partial charge in [-0.15, -0.1) is 11.3 Å². The fourth-order valence-corrected chi connectivity index (χ4v) is 4.85. The van der Waals surface area contributed by atoms with Crippen molar-refractivity contribution in [1.82, 2.24) is 20.0 Å². The first kappa shape index (κ1) is 15.8. The molecule has 4 rings (SSSR count). The van der Waals surface area contributed by atoms with Crippen molar-refractivity contribution in [3.05, 3.63) is 39.8 Å². The van der Waals surface area contributed by atoms with Crippen molar-refractivity contribution in [2.75, 3.05) is 19.6 Å². The Kier molecular flexibility index (Phi) is 4.41. The van der Waals surface area contributed by atoms with Gasteiger partial charge in [0, 0.05) is 42.3 Å². The highest BCUT2D eigenvalue weighted by Crippen LogP contribution is 2.28. The average molecular weight is 344 g/mol. The number of likely N-dealkylation sites (tertiary alicyclic amines) is 1. The Labute approximate surface area is 146 Å². The lowest BCUT2D eigenvalue weighted by atomic mass is 9.93. The molecule has 6 heteroatoms. The fourth-order valence-electron chi connectivity index (χ4n) is 3.96. The van der Waals surface area contributed by atoms with Crippen molar-refractivity contribution in [2.45, 2.75) is 44.7 Å². The summed E-state index contributed by atoms with van der Waals surface area (Å²) >= 11 is 1.82. The lowest BCUT2D eigenvalue weighted by Gasteiger charge is -2.38. The van der Waals surface area contributed by atoms with E-state index in [1.165, 1.54) is 22.6 Å². The van der Waals surface area contributed by atoms with Gasteiger partial charge in [0.1, 0.15) is 0 Å². The van der Waals surface area contributed by atoms with E-state index in [-0.39, 0.29) is 11.9 Å². The van der Waals surface area contributed by atoms with Crippen LogP contribution < -0.4 is 0 Å². The lowest BCUT2D eigenvalue weighted by Crippen LogP contribution is -2.50. The van der Waals surface area contributed by atoms with Crippen molar-refractivity contribution >= 4 is 17.2 Å². The van der Waals surface area contributed by atoms with E-state index in [1.54, 1.807) is 0 Å². The molecule has 0 spiro atoms. The molecule has 2 atom stereocenters. The predicted molar refractivity (Wildman–Crippen MR) is 95.0 cm³/mol. The molecule has 2 aliphatic rings. The van der Waals surface area contributed by atoms with E-state index in [1.807, 2.05) is 22.4 Å². The van der Waals surface area contributed by atoms with Crippen LogP contribution in [0.5, 0.6) is 0 Å². The Hall–Kier alpha value is -1.66. The molecule has 2 aromatic rings. The monoisotopic (exact) mass is 344 g/mol. The summed E-state index contributed by atoms with van der Waals surface area (Å²) in [5.41, 5.74) is 2.53. The smallest absolute Gasteiger partial charge is 0.239 e. The van der Waals surface area contributed by atoms with Gasteiger partial charge in [-0.25, -0.2) is 0 Å². The standard InChI is InChI=1S/C18H24N4OS/c1-13(18(23)22-9-5-17-15(12-22)6-10-24-17)21-8-2-3-14(11-21)16-4-7-19-20-16/h4,6-7,10,13-14H,2-3,5,8-9,11-12H2,1H3,(H,19,20)/t13-,14-/m0/s1. The highest BCUT2D eigenvalue weighted by atomic mass is 32.1. The van der Waals surface area contributed by atoms with E-state index in [9.17, 15) is 4.79 Å². The highest BCUT2D eigenvalue weighted by Gasteiger charge is 2.32. The minimum Gasteiger partial charge on any atom is -0.337 e. The summed E-state index contributed by atoms with van der Waals surface area (Å²) in [6, 6.07) is 4.18. The highest BCUT2D eigenvalue weighted by molar-refractivity contribution is 7.10. The number of H-pyrrole nitrogens is 1. The number of carbonyl (C=O) groups is 1. The maximum absolute atomic E-state index is 13.0. The summed E-state index contributed by atoms with van der Waals surface area (Å²) in [5.74, 6) is 0.735. The van der Waals surface area contributed by atoms with Crippen LogP contribution >= 0.6 is 11.3 Å². The van der Waals surface area contributed by atoms with Crippen molar-refractivity contribution < 1.29 is 4.79 Å². The normalized spacial score (nSPS) is 23.0. The molecule has 1 saturated heterocycles.